The Morgan fingerprint density at radius 3 is 1.46 bits per heavy atom. The molecule has 0 radical (unpaired) electrons. The smallest absolute Gasteiger partial charge is 0.238 e. The minimum Gasteiger partial charge on any atom is -0.333 e. The summed E-state index contributed by atoms with van der Waals surface area (Å²) in [6.45, 7) is 0. The van der Waals surface area contributed by atoms with Crippen molar-refractivity contribution in [3.8, 4) is 40.1 Å². The Morgan fingerprint density at radius 1 is 0.333 bits per heavy atom. The molecule has 0 spiro atoms. The summed E-state index contributed by atoms with van der Waals surface area (Å²) in [4.78, 5) is 18.9. The van der Waals surface area contributed by atoms with Gasteiger partial charge < -0.3 is 14.0 Å². The van der Waals surface area contributed by atoms with Crippen LogP contribution in [0, 0.1) is 0 Å². The maximum absolute atomic E-state index is 5.51. The zero-order chi connectivity index (χ0) is 51.0. The Morgan fingerprint density at radius 2 is 0.821 bits per heavy atom. The molecule has 4 aromatic heterocycles. The van der Waals surface area contributed by atoms with E-state index in [9.17, 15) is 0 Å². The zero-order valence-corrected chi connectivity index (χ0v) is 42.1. The molecule has 17 rings (SSSR count). The highest BCUT2D eigenvalue weighted by molar-refractivity contribution is 6.26. The first-order valence-electron chi connectivity index (χ1n) is 26.8. The number of para-hydroxylation sites is 5. The van der Waals surface area contributed by atoms with E-state index in [-0.39, 0.29) is 12.0 Å². The number of fused-ring (bicyclic) bond motifs is 15. The van der Waals surface area contributed by atoms with Gasteiger partial charge in [-0.25, -0.2) is 4.98 Å². The molecule has 2 aliphatic rings. The van der Waals surface area contributed by atoms with Crippen molar-refractivity contribution < 1.29 is 0 Å². The lowest BCUT2D eigenvalue weighted by molar-refractivity contribution is 0.744. The van der Waals surface area contributed by atoms with Gasteiger partial charge in [0.15, 0.2) is 11.6 Å². The van der Waals surface area contributed by atoms with Crippen LogP contribution in [0.3, 0.4) is 0 Å². The zero-order valence-electron chi connectivity index (χ0n) is 42.1. The molecular formula is C71H45N7. The largest absolute Gasteiger partial charge is 0.333 e. The maximum Gasteiger partial charge on any atom is 0.238 e. The molecule has 0 fully saturated rings. The van der Waals surface area contributed by atoms with Gasteiger partial charge in [-0.1, -0.05) is 194 Å². The first kappa shape index (κ1) is 42.9. The van der Waals surface area contributed by atoms with Crippen LogP contribution in [0.1, 0.15) is 11.5 Å². The van der Waals surface area contributed by atoms with Gasteiger partial charge >= 0.3 is 0 Å². The summed E-state index contributed by atoms with van der Waals surface area (Å²) in [5.41, 5.74) is 14.3. The Kier molecular flexibility index (Phi) is 9.12. The molecule has 364 valence electrons. The van der Waals surface area contributed by atoms with Gasteiger partial charge in [0.25, 0.3) is 0 Å². The Labute approximate surface area is 448 Å². The molecule has 7 nitrogen and oxygen atoms in total. The highest BCUT2D eigenvalue weighted by Crippen LogP contribution is 2.50. The van der Waals surface area contributed by atoms with Crippen molar-refractivity contribution >= 4 is 98.3 Å². The third-order valence-electron chi connectivity index (χ3n) is 16.5. The summed E-state index contributed by atoms with van der Waals surface area (Å²) in [7, 11) is 0. The van der Waals surface area contributed by atoms with Gasteiger partial charge in [-0.3, -0.25) is 4.57 Å². The second-order valence-corrected chi connectivity index (χ2v) is 20.8. The van der Waals surface area contributed by atoms with Crippen molar-refractivity contribution in [1.29, 1.82) is 0 Å². The summed E-state index contributed by atoms with van der Waals surface area (Å²) >= 11 is 0. The van der Waals surface area contributed by atoms with E-state index in [1.807, 2.05) is 0 Å². The summed E-state index contributed by atoms with van der Waals surface area (Å²) in [5, 5.41) is 11.5. The molecule has 0 N–H and O–H groups in total. The molecule has 78 heavy (non-hydrogen) atoms. The van der Waals surface area contributed by atoms with Crippen LogP contribution in [-0.4, -0.2) is 34.7 Å². The minimum absolute atomic E-state index is 0.112. The van der Waals surface area contributed by atoms with Crippen LogP contribution < -0.4 is 4.90 Å². The minimum atomic E-state index is 0.112. The number of hydrogen-bond donors (Lipinski definition) is 0. The Bertz CT molecular complexity index is 4940. The van der Waals surface area contributed by atoms with Gasteiger partial charge in [-0.2, -0.15) is 9.97 Å². The normalized spacial score (nSPS) is 15.1. The number of allylic oxidation sites excluding steroid dienone is 2. The number of nitrogens with zero attached hydrogens (tertiary/aromatic N) is 7. The van der Waals surface area contributed by atoms with Crippen molar-refractivity contribution in [2.45, 2.75) is 12.0 Å². The van der Waals surface area contributed by atoms with Crippen molar-refractivity contribution in [3.05, 3.63) is 266 Å². The van der Waals surface area contributed by atoms with E-state index in [0.717, 1.165) is 93.3 Å². The van der Waals surface area contributed by atoms with Gasteiger partial charge in [0.05, 0.1) is 50.5 Å². The van der Waals surface area contributed by atoms with Crippen molar-refractivity contribution in [1.82, 2.24) is 28.7 Å². The number of aromatic nitrogens is 6. The van der Waals surface area contributed by atoms with E-state index in [1.165, 1.54) is 33.1 Å². The lowest BCUT2D eigenvalue weighted by Crippen LogP contribution is -2.28. The Balaban J connectivity index is 0.961. The van der Waals surface area contributed by atoms with Gasteiger partial charge in [-0.15, -0.1) is 0 Å². The van der Waals surface area contributed by atoms with E-state index in [0.29, 0.717) is 17.6 Å². The van der Waals surface area contributed by atoms with E-state index in [2.05, 4.69) is 279 Å². The van der Waals surface area contributed by atoms with Crippen LogP contribution in [-0.2, 0) is 0 Å². The van der Waals surface area contributed by atoms with E-state index >= 15 is 0 Å². The SMILES string of the molecule is C1=CC2c3ccccc3N(c3cc(-n4c5ccccc5c5ccccc54)cc(-n4c5ccccc5c5c4ccc4c6ccccc6n(-c6nc(-c7ccc8ccccc8c7)nc(-c7ccc8ccccc8c7)n6)c45)c3)C2C=C1. The molecule has 0 bridgehead atoms. The molecule has 0 saturated heterocycles. The summed E-state index contributed by atoms with van der Waals surface area (Å²) < 4.78 is 7.24. The average Bonchev–Trinajstić information content (AvgIpc) is 4.23. The maximum atomic E-state index is 5.51. The molecular weight excluding hydrogens is 951 g/mol. The van der Waals surface area contributed by atoms with Crippen LogP contribution in [0.25, 0.3) is 127 Å². The average molecular weight is 996 g/mol. The first-order valence-corrected chi connectivity index (χ1v) is 26.8. The highest BCUT2D eigenvalue weighted by Gasteiger charge is 2.38. The molecule has 7 heteroatoms. The number of rotatable bonds is 6. The second kappa shape index (κ2) is 16.6. The van der Waals surface area contributed by atoms with E-state index < -0.39 is 0 Å². The van der Waals surface area contributed by atoms with Crippen LogP contribution in [0.4, 0.5) is 11.4 Å². The van der Waals surface area contributed by atoms with Crippen molar-refractivity contribution in [2.75, 3.05) is 4.90 Å². The molecule has 0 amide bonds. The summed E-state index contributed by atoms with van der Waals surface area (Å²) in [6, 6.07) is 86.0. The topological polar surface area (TPSA) is 56.7 Å². The fraction of sp³-hybridized carbons (Fsp3) is 0.0282. The molecule has 11 aromatic carbocycles. The second-order valence-electron chi connectivity index (χ2n) is 20.8. The standard InChI is InChI=1S/C71H45N7/c1-3-19-46-39-48(35-33-44(46)17-1)69-72-70(49-36-34-45-18-2-4-20-47(45)40-49)74-71(73-69)78-64-31-15-9-25-57(64)58-37-38-66-67(68(58)78)59-26-10-16-32-65(59)77(66)52-42-50(75-60-27-11-5-21-53(60)54-22-6-12-28-61(54)75)41-51(43-52)76-62-29-13-7-23-55(62)56-24-8-14-30-63(56)76/h1-43,53,60H. The van der Waals surface area contributed by atoms with Gasteiger partial charge in [0.1, 0.15) is 0 Å². The molecule has 1 aliphatic carbocycles. The molecule has 0 saturated carbocycles. The third kappa shape index (κ3) is 6.30. The number of anilines is 2. The quantitative estimate of drug-likeness (QED) is 0.167. The Hall–Kier alpha value is -10.4. The predicted molar refractivity (Wildman–Crippen MR) is 322 cm³/mol. The van der Waals surface area contributed by atoms with E-state index in [4.69, 9.17) is 15.0 Å². The highest BCUT2D eigenvalue weighted by atomic mass is 15.2. The monoisotopic (exact) mass is 995 g/mol. The summed E-state index contributed by atoms with van der Waals surface area (Å²) in [5.74, 6) is 2.00. The van der Waals surface area contributed by atoms with Crippen LogP contribution in [0.5, 0.6) is 0 Å². The predicted octanol–water partition coefficient (Wildman–Crippen LogP) is 17.5. The molecule has 5 heterocycles. The molecule has 1 aliphatic heterocycles. The van der Waals surface area contributed by atoms with E-state index in [1.54, 1.807) is 0 Å². The molecule has 15 aromatic rings. The number of hydrogen-bond acceptors (Lipinski definition) is 4. The van der Waals surface area contributed by atoms with Crippen molar-refractivity contribution in [3.63, 3.8) is 0 Å². The fourth-order valence-corrected chi connectivity index (χ4v) is 13.1. The van der Waals surface area contributed by atoms with Crippen LogP contribution in [0.2, 0.25) is 0 Å². The third-order valence-corrected chi connectivity index (χ3v) is 16.5. The van der Waals surface area contributed by atoms with Gasteiger partial charge in [0, 0.05) is 60.7 Å². The van der Waals surface area contributed by atoms with Crippen molar-refractivity contribution in [2.24, 2.45) is 0 Å². The van der Waals surface area contributed by atoms with Crippen LogP contribution >= 0.6 is 0 Å². The fourth-order valence-electron chi connectivity index (χ4n) is 13.1. The lowest BCUT2D eigenvalue weighted by atomic mass is 9.91. The van der Waals surface area contributed by atoms with Gasteiger partial charge in [-0.05, 0) is 93.8 Å². The molecule has 2 unspecified atom stereocenters. The molecule has 2 atom stereocenters. The summed E-state index contributed by atoms with van der Waals surface area (Å²) in [6.07, 6.45) is 9.13. The lowest BCUT2D eigenvalue weighted by Gasteiger charge is -2.30. The number of benzene rings is 11. The van der Waals surface area contributed by atoms with Crippen LogP contribution in [0.15, 0.2) is 261 Å². The van der Waals surface area contributed by atoms with Gasteiger partial charge in [0.2, 0.25) is 5.95 Å². The first-order chi connectivity index (χ1) is 38.7.